The van der Waals surface area contributed by atoms with Gasteiger partial charge in [-0.25, -0.2) is 0 Å². The van der Waals surface area contributed by atoms with Crippen molar-refractivity contribution < 1.29 is 14.9 Å². The second-order valence-corrected chi connectivity index (χ2v) is 4.27. The molecule has 2 N–H and O–H groups in total. The molecule has 0 bridgehead atoms. The van der Waals surface area contributed by atoms with E-state index in [9.17, 15) is 5.11 Å². The predicted molar refractivity (Wildman–Crippen MR) is 55.2 cm³/mol. The number of aliphatic hydroxyl groups excluding tert-OH is 2. The van der Waals surface area contributed by atoms with Crippen molar-refractivity contribution in [2.45, 2.75) is 18.6 Å². The zero-order chi connectivity index (χ0) is 10.1. The zero-order valence-corrected chi connectivity index (χ0v) is 9.07. The first-order valence-electron chi connectivity index (χ1n) is 4.45. The van der Waals surface area contributed by atoms with Gasteiger partial charge in [0.05, 0.1) is 12.7 Å². The van der Waals surface area contributed by atoms with Crippen LogP contribution in [0.25, 0.3) is 0 Å². The van der Waals surface area contributed by atoms with Gasteiger partial charge in [0.25, 0.3) is 0 Å². The van der Waals surface area contributed by atoms with Crippen molar-refractivity contribution in [1.29, 1.82) is 0 Å². The number of hydrogen-bond donors (Lipinski definition) is 2. The number of fused-ring (bicyclic) bond motifs is 1. The van der Waals surface area contributed by atoms with Gasteiger partial charge in [0, 0.05) is 16.5 Å². The van der Waals surface area contributed by atoms with Gasteiger partial charge in [-0.15, -0.1) is 0 Å². The van der Waals surface area contributed by atoms with Gasteiger partial charge < -0.3 is 14.9 Å². The Morgan fingerprint density at radius 1 is 1.50 bits per heavy atom. The largest absolute Gasteiger partial charge is 0.487 e. The van der Waals surface area contributed by atoms with Gasteiger partial charge in [-0.05, 0) is 12.1 Å². The molecule has 1 aliphatic rings. The van der Waals surface area contributed by atoms with Gasteiger partial charge in [0.15, 0.2) is 0 Å². The van der Waals surface area contributed by atoms with Gasteiger partial charge >= 0.3 is 0 Å². The fourth-order valence-corrected chi connectivity index (χ4v) is 1.94. The van der Waals surface area contributed by atoms with Crippen LogP contribution in [0.1, 0.15) is 18.1 Å². The Labute approximate surface area is 90.5 Å². The normalized spacial score (nSPS) is 25.4. The summed E-state index contributed by atoms with van der Waals surface area (Å²) < 4.78 is 6.40. The summed E-state index contributed by atoms with van der Waals surface area (Å²) >= 11 is 3.33. The molecule has 0 saturated heterocycles. The molecule has 76 valence electrons. The molecule has 4 heteroatoms. The molecule has 0 spiro atoms. The second kappa shape index (κ2) is 3.88. The summed E-state index contributed by atoms with van der Waals surface area (Å²) in [7, 11) is 0. The van der Waals surface area contributed by atoms with Gasteiger partial charge in [-0.3, -0.25) is 0 Å². The minimum absolute atomic E-state index is 0.0665. The second-order valence-electron chi connectivity index (χ2n) is 3.36. The van der Waals surface area contributed by atoms with Gasteiger partial charge in [-0.2, -0.15) is 0 Å². The van der Waals surface area contributed by atoms with Crippen molar-refractivity contribution in [3.63, 3.8) is 0 Å². The molecular formula is C10H11BrO3. The highest BCUT2D eigenvalue weighted by molar-refractivity contribution is 9.10. The third kappa shape index (κ3) is 1.78. The van der Waals surface area contributed by atoms with E-state index < -0.39 is 6.10 Å². The topological polar surface area (TPSA) is 49.7 Å². The summed E-state index contributed by atoms with van der Waals surface area (Å²) in [5, 5.41) is 18.7. The first kappa shape index (κ1) is 9.96. The first-order valence-corrected chi connectivity index (χ1v) is 5.25. The fraction of sp³-hybridized carbons (Fsp3) is 0.400. The van der Waals surface area contributed by atoms with Crippen LogP contribution in [0.5, 0.6) is 5.75 Å². The molecule has 2 rings (SSSR count). The number of aliphatic hydroxyl groups is 2. The van der Waals surface area contributed by atoms with E-state index >= 15 is 0 Å². The highest BCUT2D eigenvalue weighted by atomic mass is 79.9. The number of halogens is 1. The van der Waals surface area contributed by atoms with Crippen LogP contribution in [-0.2, 0) is 0 Å². The number of hydrogen-bond acceptors (Lipinski definition) is 3. The lowest BCUT2D eigenvalue weighted by Crippen LogP contribution is -2.28. The van der Waals surface area contributed by atoms with Crippen molar-refractivity contribution >= 4 is 15.9 Å². The van der Waals surface area contributed by atoms with Crippen LogP contribution in [-0.4, -0.2) is 22.9 Å². The van der Waals surface area contributed by atoms with Crippen molar-refractivity contribution in [2.24, 2.45) is 0 Å². The highest BCUT2D eigenvalue weighted by Gasteiger charge is 2.26. The lowest BCUT2D eigenvalue weighted by Gasteiger charge is -2.28. The Hall–Kier alpha value is -0.580. The smallest absolute Gasteiger partial charge is 0.126 e. The Morgan fingerprint density at radius 2 is 2.29 bits per heavy atom. The Bertz CT molecular complexity index is 340. The molecule has 0 aliphatic carbocycles. The van der Waals surface area contributed by atoms with E-state index in [-0.39, 0.29) is 12.7 Å². The number of benzene rings is 1. The third-order valence-electron chi connectivity index (χ3n) is 2.32. The molecule has 2 atom stereocenters. The Kier molecular flexibility index (Phi) is 2.76. The van der Waals surface area contributed by atoms with Crippen LogP contribution in [0.15, 0.2) is 22.7 Å². The van der Waals surface area contributed by atoms with E-state index in [1.54, 1.807) is 6.07 Å². The van der Waals surface area contributed by atoms with E-state index in [4.69, 9.17) is 9.84 Å². The van der Waals surface area contributed by atoms with Gasteiger partial charge in [-0.1, -0.05) is 22.0 Å². The minimum atomic E-state index is -0.538. The number of ether oxygens (including phenoxy) is 1. The molecule has 1 aliphatic heterocycles. The average Bonchev–Trinajstić information content (AvgIpc) is 2.16. The molecule has 0 amide bonds. The van der Waals surface area contributed by atoms with Crippen molar-refractivity contribution in [2.75, 3.05) is 6.61 Å². The van der Waals surface area contributed by atoms with Crippen LogP contribution in [0.2, 0.25) is 0 Å². The maximum atomic E-state index is 9.75. The summed E-state index contributed by atoms with van der Waals surface area (Å²) in [6, 6.07) is 5.50. The molecule has 2 unspecified atom stereocenters. The van der Waals surface area contributed by atoms with E-state index in [2.05, 4.69) is 15.9 Å². The molecule has 0 aromatic heterocycles. The summed E-state index contributed by atoms with van der Waals surface area (Å²) in [4.78, 5) is 0. The van der Waals surface area contributed by atoms with Crippen LogP contribution >= 0.6 is 15.9 Å². The molecule has 0 saturated carbocycles. The standard InChI is InChI=1S/C10H11BrO3/c11-6-1-2-8-9(13)4-7(5-12)14-10(8)3-6/h1-3,7,9,12-13H,4-5H2. The SMILES string of the molecule is OCC1CC(O)c2ccc(Br)cc2O1. The monoisotopic (exact) mass is 258 g/mol. The lowest BCUT2D eigenvalue weighted by atomic mass is 9.99. The first-order chi connectivity index (χ1) is 6.70. The van der Waals surface area contributed by atoms with E-state index in [1.807, 2.05) is 12.1 Å². The van der Waals surface area contributed by atoms with Crippen molar-refractivity contribution in [1.82, 2.24) is 0 Å². The van der Waals surface area contributed by atoms with Crippen molar-refractivity contribution in [3.05, 3.63) is 28.2 Å². The molecule has 1 aromatic rings. The Balaban J connectivity index is 2.35. The third-order valence-corrected chi connectivity index (χ3v) is 2.81. The van der Waals surface area contributed by atoms with E-state index in [1.165, 1.54) is 0 Å². The van der Waals surface area contributed by atoms with Crippen LogP contribution < -0.4 is 4.74 Å². The maximum Gasteiger partial charge on any atom is 0.126 e. The van der Waals surface area contributed by atoms with Crippen LogP contribution in [0.4, 0.5) is 0 Å². The lowest BCUT2D eigenvalue weighted by molar-refractivity contribution is 0.0332. The Morgan fingerprint density at radius 3 is 3.00 bits per heavy atom. The molecule has 0 radical (unpaired) electrons. The number of rotatable bonds is 1. The quantitative estimate of drug-likeness (QED) is 0.805. The summed E-state index contributed by atoms with van der Waals surface area (Å²) in [6.07, 6.45) is -0.388. The zero-order valence-electron chi connectivity index (χ0n) is 7.48. The van der Waals surface area contributed by atoms with Crippen LogP contribution in [0.3, 0.4) is 0 Å². The van der Waals surface area contributed by atoms with Gasteiger partial charge in [0.1, 0.15) is 11.9 Å². The molecule has 14 heavy (non-hydrogen) atoms. The van der Waals surface area contributed by atoms with Gasteiger partial charge in [0.2, 0.25) is 0 Å². The predicted octanol–water partition coefficient (Wildman–Crippen LogP) is 1.63. The maximum absolute atomic E-state index is 9.75. The summed E-state index contributed by atoms with van der Waals surface area (Å²) in [5.74, 6) is 0.650. The van der Waals surface area contributed by atoms with E-state index in [0.717, 1.165) is 10.0 Å². The molecular weight excluding hydrogens is 248 g/mol. The fourth-order valence-electron chi connectivity index (χ4n) is 1.60. The van der Waals surface area contributed by atoms with E-state index in [0.29, 0.717) is 12.2 Å². The molecule has 1 aromatic carbocycles. The highest BCUT2D eigenvalue weighted by Crippen LogP contribution is 2.36. The van der Waals surface area contributed by atoms with Crippen molar-refractivity contribution in [3.8, 4) is 5.75 Å². The van der Waals surface area contributed by atoms with Crippen LogP contribution in [0, 0.1) is 0 Å². The summed E-state index contributed by atoms with van der Waals surface area (Å²) in [6.45, 7) is -0.0665. The molecule has 1 heterocycles. The molecule has 0 fully saturated rings. The molecule has 3 nitrogen and oxygen atoms in total. The summed E-state index contributed by atoms with van der Waals surface area (Å²) in [5.41, 5.74) is 0.790. The minimum Gasteiger partial charge on any atom is -0.487 e. The average molecular weight is 259 g/mol.